The van der Waals surface area contributed by atoms with Crippen LogP contribution in [0.15, 0.2) is 23.8 Å². The summed E-state index contributed by atoms with van der Waals surface area (Å²) in [5.41, 5.74) is 1.46. The van der Waals surface area contributed by atoms with Crippen LogP contribution < -0.4 is 10.6 Å². The average molecular weight is 429 g/mol. The van der Waals surface area contributed by atoms with E-state index in [2.05, 4.69) is 38.7 Å². The monoisotopic (exact) mass is 428 g/mol. The maximum Gasteiger partial charge on any atom is 0.245 e. The van der Waals surface area contributed by atoms with Crippen molar-refractivity contribution in [3.05, 3.63) is 23.8 Å². The zero-order valence-corrected chi connectivity index (χ0v) is 19.3. The fourth-order valence-electron chi connectivity index (χ4n) is 5.57. The third-order valence-corrected chi connectivity index (χ3v) is 8.03. The van der Waals surface area contributed by atoms with Gasteiger partial charge in [-0.15, -0.1) is 0 Å². The molecule has 4 atom stereocenters. The Morgan fingerprint density at radius 2 is 1.97 bits per heavy atom. The summed E-state index contributed by atoms with van der Waals surface area (Å²) in [7, 11) is 1.78. The highest BCUT2D eigenvalue weighted by Gasteiger charge is 2.45. The Labute approximate surface area is 187 Å². The molecule has 0 radical (unpaired) electrons. The minimum atomic E-state index is -0.358. The molecule has 31 heavy (non-hydrogen) atoms. The fraction of sp³-hybridized carbons (Fsp3) is 0.760. The van der Waals surface area contributed by atoms with E-state index in [-0.39, 0.29) is 23.9 Å². The molecule has 2 heterocycles. The summed E-state index contributed by atoms with van der Waals surface area (Å²) in [4.78, 5) is 30.9. The van der Waals surface area contributed by atoms with Crippen molar-refractivity contribution in [2.24, 2.45) is 11.8 Å². The van der Waals surface area contributed by atoms with E-state index >= 15 is 0 Å². The van der Waals surface area contributed by atoms with Gasteiger partial charge < -0.3 is 20.4 Å². The van der Waals surface area contributed by atoms with E-state index in [1.54, 1.807) is 7.05 Å². The number of nitrogens with zero attached hydrogens (tertiary/aromatic N) is 2. The van der Waals surface area contributed by atoms with Crippen molar-refractivity contribution in [3.63, 3.8) is 0 Å². The van der Waals surface area contributed by atoms with Crippen LogP contribution in [0, 0.1) is 11.8 Å². The number of amides is 2. The van der Waals surface area contributed by atoms with Gasteiger partial charge in [-0.2, -0.15) is 0 Å². The summed E-state index contributed by atoms with van der Waals surface area (Å²) < 4.78 is 0. The second kappa shape index (κ2) is 10.3. The van der Waals surface area contributed by atoms with E-state index in [0.29, 0.717) is 17.9 Å². The van der Waals surface area contributed by atoms with E-state index in [1.807, 2.05) is 6.92 Å². The van der Waals surface area contributed by atoms with Crippen molar-refractivity contribution < 1.29 is 9.59 Å². The quantitative estimate of drug-likeness (QED) is 0.623. The number of hydrogen-bond donors (Lipinski definition) is 2. The van der Waals surface area contributed by atoms with Crippen LogP contribution in [-0.4, -0.2) is 73.0 Å². The summed E-state index contributed by atoms with van der Waals surface area (Å²) >= 11 is 0. The van der Waals surface area contributed by atoms with Gasteiger partial charge in [0.05, 0.1) is 6.04 Å². The summed E-state index contributed by atoms with van der Waals surface area (Å²) in [5, 5.41) is 6.09. The minimum absolute atomic E-state index is 0.0671. The molecule has 4 unspecified atom stereocenters. The predicted molar refractivity (Wildman–Crippen MR) is 124 cm³/mol. The number of likely N-dealkylation sites (N-methyl/N-ethyl adjacent to an activating group) is 1. The first kappa shape index (κ1) is 22.5. The van der Waals surface area contributed by atoms with E-state index in [0.717, 1.165) is 58.3 Å². The molecular formula is C25H40N4O2. The topological polar surface area (TPSA) is 64.7 Å². The highest BCUT2D eigenvalue weighted by molar-refractivity contribution is 5.90. The number of allylic oxidation sites excluding steroid dienone is 3. The minimum Gasteiger partial charge on any atom is -0.343 e. The van der Waals surface area contributed by atoms with Gasteiger partial charge in [0.25, 0.3) is 0 Å². The molecule has 3 fully saturated rings. The summed E-state index contributed by atoms with van der Waals surface area (Å²) in [6.07, 6.45) is 15.9. The molecule has 0 aromatic rings. The molecule has 2 N–H and O–H groups in total. The van der Waals surface area contributed by atoms with E-state index < -0.39 is 0 Å². The SMILES string of the molecule is CNC(C)C(=O)NC(C(=O)N1CCC2CCN(CCC3=CCCC=C3)CC21)C1CCC1. The lowest BCUT2D eigenvalue weighted by Gasteiger charge is -2.41. The van der Waals surface area contributed by atoms with Crippen LogP contribution in [0.2, 0.25) is 0 Å². The van der Waals surface area contributed by atoms with Crippen molar-refractivity contribution in [2.75, 3.05) is 33.2 Å². The molecule has 0 aromatic heterocycles. The Balaban J connectivity index is 1.38. The molecule has 2 saturated heterocycles. The highest BCUT2D eigenvalue weighted by atomic mass is 16.2. The summed E-state index contributed by atoms with van der Waals surface area (Å²) in [6, 6.07) is -0.336. The molecule has 2 aliphatic heterocycles. The van der Waals surface area contributed by atoms with E-state index in [4.69, 9.17) is 0 Å². The van der Waals surface area contributed by atoms with Gasteiger partial charge in [0.1, 0.15) is 6.04 Å². The van der Waals surface area contributed by atoms with Gasteiger partial charge >= 0.3 is 0 Å². The zero-order valence-electron chi connectivity index (χ0n) is 19.3. The second-order valence-corrected chi connectivity index (χ2v) is 9.93. The Kier molecular flexibility index (Phi) is 7.49. The second-order valence-electron chi connectivity index (χ2n) is 9.93. The fourth-order valence-corrected chi connectivity index (χ4v) is 5.57. The van der Waals surface area contributed by atoms with Crippen LogP contribution in [0.1, 0.15) is 58.3 Å². The number of fused-ring (bicyclic) bond motifs is 1. The van der Waals surface area contributed by atoms with Crippen LogP contribution in [0.3, 0.4) is 0 Å². The first-order valence-electron chi connectivity index (χ1n) is 12.4. The molecule has 0 bridgehead atoms. The number of carbonyl (C=O) groups excluding carboxylic acids is 2. The third kappa shape index (κ3) is 5.23. The number of nitrogens with one attached hydrogen (secondary N) is 2. The van der Waals surface area contributed by atoms with Gasteiger partial charge in [-0.25, -0.2) is 0 Å². The molecular weight excluding hydrogens is 388 g/mol. The standard InChI is InChI=1S/C25H40N4O2/c1-18(26-2)24(30)27-23(21-9-6-10-21)25(31)29-16-13-20-12-15-28(17-22(20)29)14-11-19-7-4-3-5-8-19/h4,7-8,18,20-23,26H,3,5-6,9-17H2,1-2H3,(H,27,30). The van der Waals surface area contributed by atoms with Gasteiger partial charge in [0.2, 0.25) is 11.8 Å². The van der Waals surface area contributed by atoms with Crippen molar-refractivity contribution in [1.29, 1.82) is 0 Å². The molecule has 172 valence electrons. The van der Waals surface area contributed by atoms with Gasteiger partial charge in [0, 0.05) is 25.7 Å². The molecule has 6 nitrogen and oxygen atoms in total. The van der Waals surface area contributed by atoms with Gasteiger partial charge in [-0.3, -0.25) is 9.59 Å². The zero-order chi connectivity index (χ0) is 21.8. The molecule has 0 spiro atoms. The normalized spacial score (nSPS) is 28.5. The molecule has 0 aromatic carbocycles. The smallest absolute Gasteiger partial charge is 0.245 e. The van der Waals surface area contributed by atoms with Gasteiger partial charge in [-0.1, -0.05) is 30.2 Å². The molecule has 1 saturated carbocycles. The van der Waals surface area contributed by atoms with Crippen molar-refractivity contribution >= 4 is 11.8 Å². The van der Waals surface area contributed by atoms with Gasteiger partial charge in [-0.05, 0) is 77.3 Å². The van der Waals surface area contributed by atoms with E-state index in [9.17, 15) is 9.59 Å². The number of likely N-dealkylation sites (tertiary alicyclic amines) is 2. The maximum absolute atomic E-state index is 13.6. The maximum atomic E-state index is 13.6. The lowest BCUT2D eigenvalue weighted by molar-refractivity contribution is -0.141. The number of piperidine rings is 1. The van der Waals surface area contributed by atoms with Crippen LogP contribution in [-0.2, 0) is 9.59 Å². The summed E-state index contributed by atoms with van der Waals surface area (Å²) in [5.74, 6) is 1.00. The van der Waals surface area contributed by atoms with Crippen molar-refractivity contribution in [2.45, 2.75) is 76.4 Å². The average Bonchev–Trinajstić information content (AvgIpc) is 3.18. The molecule has 6 heteroatoms. The van der Waals surface area contributed by atoms with Crippen LogP contribution in [0.25, 0.3) is 0 Å². The summed E-state index contributed by atoms with van der Waals surface area (Å²) in [6.45, 7) is 5.88. The first-order valence-corrected chi connectivity index (χ1v) is 12.4. The Morgan fingerprint density at radius 3 is 2.65 bits per heavy atom. The first-order chi connectivity index (χ1) is 15.1. The number of hydrogen-bond acceptors (Lipinski definition) is 4. The lowest BCUT2D eigenvalue weighted by Crippen LogP contribution is -2.59. The van der Waals surface area contributed by atoms with Crippen LogP contribution >= 0.6 is 0 Å². The number of rotatable bonds is 8. The molecule has 4 aliphatic rings. The van der Waals surface area contributed by atoms with Crippen molar-refractivity contribution in [1.82, 2.24) is 20.4 Å². The predicted octanol–water partition coefficient (Wildman–Crippen LogP) is 2.47. The van der Waals surface area contributed by atoms with Gasteiger partial charge in [0.15, 0.2) is 0 Å². The van der Waals surface area contributed by atoms with Crippen LogP contribution in [0.4, 0.5) is 0 Å². The Hall–Kier alpha value is -1.66. The molecule has 4 rings (SSSR count). The molecule has 2 aliphatic carbocycles. The Morgan fingerprint density at radius 1 is 1.16 bits per heavy atom. The highest BCUT2D eigenvalue weighted by Crippen LogP contribution is 2.35. The van der Waals surface area contributed by atoms with Crippen LogP contribution in [0.5, 0.6) is 0 Å². The largest absolute Gasteiger partial charge is 0.343 e. The van der Waals surface area contributed by atoms with Crippen molar-refractivity contribution in [3.8, 4) is 0 Å². The molecule has 2 amide bonds. The number of carbonyl (C=O) groups is 2. The lowest BCUT2D eigenvalue weighted by atomic mass is 9.79. The van der Waals surface area contributed by atoms with E-state index in [1.165, 1.54) is 24.8 Å². The third-order valence-electron chi connectivity index (χ3n) is 8.03. The Bertz CT molecular complexity index is 714.